The number of pyridine rings is 1. The molecule has 0 unspecified atom stereocenters. The van der Waals surface area contributed by atoms with Gasteiger partial charge in [-0.1, -0.05) is 12.1 Å². The summed E-state index contributed by atoms with van der Waals surface area (Å²) >= 11 is 0. The number of aromatic nitrogens is 2. The molecule has 1 aromatic carbocycles. The van der Waals surface area contributed by atoms with Crippen LogP contribution in [0.15, 0.2) is 54.9 Å². The van der Waals surface area contributed by atoms with Crippen molar-refractivity contribution < 1.29 is 0 Å². The Morgan fingerprint density at radius 3 is 2.90 bits per heavy atom. The average Bonchev–Trinajstić information content (AvgIpc) is 2.89. The van der Waals surface area contributed by atoms with Crippen LogP contribution < -0.4 is 10.2 Å². The van der Waals surface area contributed by atoms with E-state index < -0.39 is 0 Å². The third kappa shape index (κ3) is 2.45. The van der Waals surface area contributed by atoms with Crippen LogP contribution in [-0.2, 0) is 6.54 Å². The number of anilines is 2. The Hall–Kier alpha value is -2.49. The summed E-state index contributed by atoms with van der Waals surface area (Å²) in [5.41, 5.74) is 4.64. The Kier molecular flexibility index (Phi) is 3.29. The molecular formula is C16H18N4. The maximum absolute atomic E-state index is 4.35. The molecule has 3 rings (SSSR count). The normalized spacial score (nSPS) is 10.7. The summed E-state index contributed by atoms with van der Waals surface area (Å²) in [6.45, 7) is 0.768. The number of nitrogens with one attached hydrogen (secondary N) is 1. The van der Waals surface area contributed by atoms with Crippen LogP contribution in [0.4, 0.5) is 11.4 Å². The third-order valence-corrected chi connectivity index (χ3v) is 3.35. The predicted octanol–water partition coefficient (Wildman–Crippen LogP) is 3.01. The molecule has 0 aliphatic rings. The first-order chi connectivity index (χ1) is 9.74. The van der Waals surface area contributed by atoms with E-state index >= 15 is 0 Å². The molecule has 4 heteroatoms. The molecule has 2 aromatic heterocycles. The third-order valence-electron chi connectivity index (χ3n) is 3.35. The summed E-state index contributed by atoms with van der Waals surface area (Å²) in [5.74, 6) is 0. The van der Waals surface area contributed by atoms with Gasteiger partial charge in [-0.3, -0.25) is 0 Å². The largest absolute Gasteiger partial charge is 0.381 e. The molecule has 0 bridgehead atoms. The maximum atomic E-state index is 4.35. The van der Waals surface area contributed by atoms with Crippen molar-refractivity contribution >= 4 is 16.9 Å². The van der Waals surface area contributed by atoms with Gasteiger partial charge in [0.2, 0.25) is 0 Å². The Labute approximate surface area is 118 Å². The topological polar surface area (TPSA) is 32.6 Å². The molecule has 20 heavy (non-hydrogen) atoms. The number of hydrogen-bond donors (Lipinski definition) is 1. The smallest absolute Gasteiger partial charge is 0.0711 e. The van der Waals surface area contributed by atoms with Gasteiger partial charge in [-0.15, -0.1) is 0 Å². The van der Waals surface area contributed by atoms with Crippen molar-refractivity contribution in [3.8, 4) is 0 Å². The second kappa shape index (κ2) is 5.25. The minimum atomic E-state index is 0.768. The molecule has 0 radical (unpaired) electrons. The molecule has 0 fully saturated rings. The van der Waals surface area contributed by atoms with Crippen LogP contribution in [0.2, 0.25) is 0 Å². The number of hydrogen-bond acceptors (Lipinski definition) is 3. The second-order valence-electron chi connectivity index (χ2n) is 5.00. The van der Waals surface area contributed by atoms with Crippen LogP contribution in [0.25, 0.3) is 5.52 Å². The Morgan fingerprint density at radius 2 is 2.05 bits per heavy atom. The van der Waals surface area contributed by atoms with Crippen molar-refractivity contribution in [1.29, 1.82) is 0 Å². The highest BCUT2D eigenvalue weighted by atomic mass is 15.2. The fourth-order valence-corrected chi connectivity index (χ4v) is 2.22. The van der Waals surface area contributed by atoms with Gasteiger partial charge >= 0.3 is 0 Å². The highest BCUT2D eigenvalue weighted by molar-refractivity contribution is 5.59. The highest BCUT2D eigenvalue weighted by Gasteiger charge is 2.03. The molecule has 2 heterocycles. The van der Waals surface area contributed by atoms with Crippen LogP contribution in [0, 0.1) is 0 Å². The van der Waals surface area contributed by atoms with Crippen molar-refractivity contribution in [2.45, 2.75) is 6.54 Å². The van der Waals surface area contributed by atoms with Gasteiger partial charge in [0.05, 0.1) is 11.7 Å². The maximum Gasteiger partial charge on any atom is 0.0711 e. The van der Waals surface area contributed by atoms with Gasteiger partial charge in [-0.25, -0.2) is 4.52 Å². The van der Waals surface area contributed by atoms with E-state index in [0.29, 0.717) is 0 Å². The zero-order valence-electron chi connectivity index (χ0n) is 11.7. The van der Waals surface area contributed by atoms with Gasteiger partial charge in [0.15, 0.2) is 0 Å². The van der Waals surface area contributed by atoms with Gasteiger partial charge in [0.25, 0.3) is 0 Å². The van der Waals surface area contributed by atoms with Gasteiger partial charge in [-0.2, -0.15) is 5.10 Å². The first-order valence-corrected chi connectivity index (χ1v) is 6.66. The molecule has 3 aromatic rings. The molecule has 0 atom stereocenters. The lowest BCUT2D eigenvalue weighted by Crippen LogP contribution is -2.09. The average molecular weight is 266 g/mol. The Balaban J connectivity index is 1.78. The highest BCUT2D eigenvalue weighted by Crippen LogP contribution is 2.19. The van der Waals surface area contributed by atoms with Crippen LogP contribution in [0.3, 0.4) is 0 Å². The van der Waals surface area contributed by atoms with E-state index in [1.807, 2.05) is 43.1 Å². The fraction of sp³-hybridized carbons (Fsp3) is 0.188. The molecule has 1 N–H and O–H groups in total. The van der Waals surface area contributed by atoms with E-state index in [-0.39, 0.29) is 0 Å². The summed E-state index contributed by atoms with van der Waals surface area (Å²) in [6, 6.07) is 14.5. The molecule has 4 nitrogen and oxygen atoms in total. The van der Waals surface area contributed by atoms with E-state index in [4.69, 9.17) is 0 Å². The Bertz CT molecular complexity index is 715. The minimum Gasteiger partial charge on any atom is -0.381 e. The van der Waals surface area contributed by atoms with Crippen molar-refractivity contribution in [1.82, 2.24) is 9.61 Å². The molecule has 0 aliphatic heterocycles. The number of fused-ring (bicyclic) bond motifs is 1. The van der Waals surface area contributed by atoms with Crippen LogP contribution in [-0.4, -0.2) is 23.7 Å². The standard InChI is InChI=1S/C16H18N4/c1-19(2)15-7-5-6-14(10-15)17-11-13-12-18-20-9-4-3-8-16(13)20/h3-10,12,17H,11H2,1-2H3. The zero-order valence-corrected chi connectivity index (χ0v) is 11.7. The SMILES string of the molecule is CN(C)c1cccc(NCc2cnn3ccccc23)c1. The predicted molar refractivity (Wildman–Crippen MR) is 83.3 cm³/mol. The first kappa shape index (κ1) is 12.5. The van der Waals surface area contributed by atoms with Crippen LogP contribution >= 0.6 is 0 Å². The molecule has 0 saturated carbocycles. The summed E-state index contributed by atoms with van der Waals surface area (Å²) in [5, 5.41) is 7.80. The monoisotopic (exact) mass is 266 g/mol. The minimum absolute atomic E-state index is 0.768. The Morgan fingerprint density at radius 1 is 1.15 bits per heavy atom. The number of nitrogens with zero attached hydrogens (tertiary/aromatic N) is 3. The van der Waals surface area contributed by atoms with Gasteiger partial charge in [0.1, 0.15) is 0 Å². The molecule has 0 saturated heterocycles. The lowest BCUT2D eigenvalue weighted by atomic mass is 10.2. The van der Waals surface area contributed by atoms with Crippen LogP contribution in [0.1, 0.15) is 5.56 Å². The van der Waals surface area contributed by atoms with E-state index in [1.54, 1.807) is 0 Å². The molecular weight excluding hydrogens is 248 g/mol. The molecule has 102 valence electrons. The molecule has 0 spiro atoms. The first-order valence-electron chi connectivity index (χ1n) is 6.66. The summed E-state index contributed by atoms with van der Waals surface area (Å²) in [6.07, 6.45) is 3.88. The van der Waals surface area contributed by atoms with E-state index in [9.17, 15) is 0 Å². The van der Waals surface area contributed by atoms with Crippen LogP contribution in [0.5, 0.6) is 0 Å². The zero-order chi connectivity index (χ0) is 13.9. The summed E-state index contributed by atoms with van der Waals surface area (Å²) in [7, 11) is 4.09. The van der Waals surface area contributed by atoms with Crippen molar-refractivity contribution in [2.24, 2.45) is 0 Å². The fourth-order valence-electron chi connectivity index (χ4n) is 2.22. The van der Waals surface area contributed by atoms with Crippen molar-refractivity contribution in [3.05, 3.63) is 60.4 Å². The van der Waals surface area contributed by atoms with Gasteiger partial charge in [-0.05, 0) is 30.3 Å². The lowest BCUT2D eigenvalue weighted by Gasteiger charge is -2.14. The van der Waals surface area contributed by atoms with E-state index in [1.165, 1.54) is 11.3 Å². The number of rotatable bonds is 4. The van der Waals surface area contributed by atoms with Gasteiger partial charge < -0.3 is 10.2 Å². The second-order valence-corrected chi connectivity index (χ2v) is 5.00. The summed E-state index contributed by atoms with van der Waals surface area (Å²) in [4.78, 5) is 2.10. The molecule has 0 aliphatic carbocycles. The molecule has 0 amide bonds. The van der Waals surface area contributed by atoms with E-state index in [2.05, 4.69) is 45.6 Å². The van der Waals surface area contributed by atoms with E-state index in [0.717, 1.165) is 17.7 Å². The van der Waals surface area contributed by atoms with Crippen molar-refractivity contribution in [2.75, 3.05) is 24.3 Å². The quantitative estimate of drug-likeness (QED) is 0.788. The van der Waals surface area contributed by atoms with Crippen molar-refractivity contribution in [3.63, 3.8) is 0 Å². The van der Waals surface area contributed by atoms with Gasteiger partial charge in [0, 0.05) is 43.8 Å². The summed E-state index contributed by atoms with van der Waals surface area (Å²) < 4.78 is 1.90. The lowest BCUT2D eigenvalue weighted by molar-refractivity contribution is 0.961. The number of benzene rings is 1.